The average Bonchev–Trinajstić information content (AvgIpc) is 2.93. The van der Waals surface area contributed by atoms with Gasteiger partial charge in [-0.2, -0.15) is 0 Å². The summed E-state index contributed by atoms with van der Waals surface area (Å²) in [6.07, 6.45) is 0. The van der Waals surface area contributed by atoms with E-state index in [-0.39, 0.29) is 22.3 Å². The zero-order valence-corrected chi connectivity index (χ0v) is 13.7. The minimum absolute atomic E-state index is 0.000356. The molecule has 3 rings (SSSR count). The minimum atomic E-state index is -4.08. The molecule has 0 unspecified atom stereocenters. The fourth-order valence-electron chi connectivity index (χ4n) is 1.95. The first-order valence-corrected chi connectivity index (χ1v) is 8.52. The summed E-state index contributed by atoms with van der Waals surface area (Å²) in [6, 6.07) is 8.18. The highest BCUT2D eigenvalue weighted by Crippen LogP contribution is 2.33. The Hall–Kier alpha value is -1.96. The zero-order chi connectivity index (χ0) is 16.6. The summed E-state index contributed by atoms with van der Waals surface area (Å²) in [5.74, 6) is -0.120. The van der Waals surface area contributed by atoms with Crippen LogP contribution >= 0.6 is 23.2 Å². The summed E-state index contributed by atoms with van der Waals surface area (Å²) in [5, 5.41) is 0.390. The molecule has 6 nitrogen and oxygen atoms in total. The Morgan fingerprint density at radius 3 is 2.52 bits per heavy atom. The second-order valence-electron chi connectivity index (χ2n) is 4.57. The number of fused-ring (bicyclic) bond motifs is 1. The van der Waals surface area contributed by atoms with E-state index in [9.17, 15) is 13.2 Å². The molecule has 9 heteroatoms. The molecule has 1 N–H and O–H groups in total. The van der Waals surface area contributed by atoms with Gasteiger partial charge in [-0.1, -0.05) is 23.2 Å². The number of ether oxygens (including phenoxy) is 2. The predicted molar refractivity (Wildman–Crippen MR) is 83.7 cm³/mol. The molecule has 0 aromatic heterocycles. The largest absolute Gasteiger partial charge is 0.454 e. The summed E-state index contributed by atoms with van der Waals surface area (Å²) < 4.78 is 36.8. The van der Waals surface area contributed by atoms with Crippen LogP contribution in [0.4, 0.5) is 0 Å². The van der Waals surface area contributed by atoms with Crippen LogP contribution < -0.4 is 14.2 Å². The van der Waals surface area contributed by atoms with E-state index in [0.717, 1.165) is 0 Å². The number of sulfonamides is 1. The third-order valence-corrected chi connectivity index (χ3v) is 4.93. The number of hydrogen-bond acceptors (Lipinski definition) is 5. The Morgan fingerprint density at radius 2 is 1.78 bits per heavy atom. The smallest absolute Gasteiger partial charge is 0.266 e. The summed E-state index contributed by atoms with van der Waals surface area (Å²) in [7, 11) is -4.08. The van der Waals surface area contributed by atoms with Crippen molar-refractivity contribution < 1.29 is 22.7 Å². The summed E-state index contributed by atoms with van der Waals surface area (Å²) in [4.78, 5) is 12.0. The first kappa shape index (κ1) is 15.9. The van der Waals surface area contributed by atoms with E-state index < -0.39 is 15.9 Å². The predicted octanol–water partition coefficient (Wildman–Crippen LogP) is 2.84. The van der Waals surface area contributed by atoms with Gasteiger partial charge in [-0.3, -0.25) is 4.79 Å². The summed E-state index contributed by atoms with van der Waals surface area (Å²) in [5.41, 5.74) is 0.000356. The molecule has 23 heavy (non-hydrogen) atoms. The van der Waals surface area contributed by atoms with Crippen LogP contribution in [0.5, 0.6) is 11.5 Å². The van der Waals surface area contributed by atoms with Crippen molar-refractivity contribution in [3.8, 4) is 11.5 Å². The van der Waals surface area contributed by atoms with Crippen molar-refractivity contribution in [3.63, 3.8) is 0 Å². The van der Waals surface area contributed by atoms with Gasteiger partial charge >= 0.3 is 0 Å². The van der Waals surface area contributed by atoms with E-state index >= 15 is 0 Å². The monoisotopic (exact) mass is 373 g/mol. The van der Waals surface area contributed by atoms with Crippen LogP contribution in [-0.2, 0) is 10.0 Å². The van der Waals surface area contributed by atoms with Crippen LogP contribution in [-0.4, -0.2) is 21.1 Å². The van der Waals surface area contributed by atoms with Crippen LogP contribution in [0, 0.1) is 0 Å². The lowest BCUT2D eigenvalue weighted by atomic mass is 10.2. The van der Waals surface area contributed by atoms with Gasteiger partial charge in [-0.25, -0.2) is 13.1 Å². The fraction of sp³-hybridized carbons (Fsp3) is 0.0714. The van der Waals surface area contributed by atoms with E-state index in [0.29, 0.717) is 16.5 Å². The molecule has 2 aromatic carbocycles. The van der Waals surface area contributed by atoms with E-state index in [2.05, 4.69) is 0 Å². The second-order valence-corrected chi connectivity index (χ2v) is 7.10. The third-order valence-electron chi connectivity index (χ3n) is 3.06. The van der Waals surface area contributed by atoms with Gasteiger partial charge in [0, 0.05) is 11.1 Å². The van der Waals surface area contributed by atoms with E-state index in [4.69, 9.17) is 32.7 Å². The molecular weight excluding hydrogens is 365 g/mol. The maximum Gasteiger partial charge on any atom is 0.266 e. The number of hydrogen-bond donors (Lipinski definition) is 1. The Bertz CT molecular complexity index is 898. The van der Waals surface area contributed by atoms with Crippen molar-refractivity contribution in [2.75, 3.05) is 6.79 Å². The number of amides is 1. The van der Waals surface area contributed by atoms with Crippen molar-refractivity contribution in [1.82, 2.24) is 4.72 Å². The van der Waals surface area contributed by atoms with Crippen LogP contribution in [0.3, 0.4) is 0 Å². The third kappa shape index (κ3) is 3.21. The lowest BCUT2D eigenvalue weighted by Gasteiger charge is -2.09. The molecule has 0 bridgehead atoms. The SMILES string of the molecule is O=C(NS(=O)(=O)c1ccc2c(c1)OCO2)c1ccc(Cl)cc1Cl. The molecule has 0 saturated carbocycles. The number of halogens is 2. The highest BCUT2D eigenvalue weighted by molar-refractivity contribution is 7.90. The van der Waals surface area contributed by atoms with E-state index in [1.807, 2.05) is 4.72 Å². The molecule has 0 saturated heterocycles. The van der Waals surface area contributed by atoms with Gasteiger partial charge < -0.3 is 9.47 Å². The second kappa shape index (κ2) is 5.92. The highest BCUT2D eigenvalue weighted by Gasteiger charge is 2.23. The van der Waals surface area contributed by atoms with Crippen molar-refractivity contribution in [1.29, 1.82) is 0 Å². The van der Waals surface area contributed by atoms with Crippen LogP contribution in [0.1, 0.15) is 10.4 Å². The quantitative estimate of drug-likeness (QED) is 0.894. The number of benzene rings is 2. The van der Waals surface area contributed by atoms with Crippen molar-refractivity contribution in [2.24, 2.45) is 0 Å². The summed E-state index contributed by atoms with van der Waals surface area (Å²) >= 11 is 11.6. The number of rotatable bonds is 3. The molecule has 120 valence electrons. The van der Waals surface area contributed by atoms with Crippen LogP contribution in [0.25, 0.3) is 0 Å². The lowest BCUT2D eigenvalue weighted by Crippen LogP contribution is -2.30. The molecule has 0 radical (unpaired) electrons. The molecule has 0 spiro atoms. The van der Waals surface area contributed by atoms with Gasteiger partial charge in [0.1, 0.15) is 0 Å². The normalized spacial score (nSPS) is 13.0. The van der Waals surface area contributed by atoms with E-state index in [1.165, 1.54) is 36.4 Å². The van der Waals surface area contributed by atoms with Crippen molar-refractivity contribution >= 4 is 39.1 Å². The van der Waals surface area contributed by atoms with Gasteiger partial charge in [0.25, 0.3) is 15.9 Å². The van der Waals surface area contributed by atoms with Crippen LogP contribution in [0.2, 0.25) is 10.0 Å². The Balaban J connectivity index is 1.87. The van der Waals surface area contributed by atoms with Crippen molar-refractivity contribution in [3.05, 3.63) is 52.0 Å². The number of carbonyl (C=O) groups is 1. The Morgan fingerprint density at radius 1 is 1.04 bits per heavy atom. The molecule has 1 aliphatic heterocycles. The molecule has 1 amide bonds. The first-order valence-electron chi connectivity index (χ1n) is 6.29. The Labute approximate surface area is 142 Å². The molecule has 2 aromatic rings. The van der Waals surface area contributed by atoms with Gasteiger partial charge in [-0.15, -0.1) is 0 Å². The van der Waals surface area contributed by atoms with Gasteiger partial charge in [0.05, 0.1) is 15.5 Å². The number of carbonyl (C=O) groups excluding carboxylic acids is 1. The maximum absolute atomic E-state index is 12.3. The Kier molecular flexibility index (Phi) is 4.09. The molecule has 1 aliphatic rings. The maximum atomic E-state index is 12.3. The molecule has 0 fully saturated rings. The van der Waals surface area contributed by atoms with Gasteiger partial charge in [-0.05, 0) is 30.3 Å². The van der Waals surface area contributed by atoms with Crippen molar-refractivity contribution in [2.45, 2.75) is 4.90 Å². The fourth-order valence-corrected chi connectivity index (χ4v) is 3.43. The molecule has 0 aliphatic carbocycles. The van der Waals surface area contributed by atoms with Crippen LogP contribution in [0.15, 0.2) is 41.3 Å². The lowest BCUT2D eigenvalue weighted by molar-refractivity contribution is 0.0981. The molecular formula is C14H9Cl2NO5S. The first-order chi connectivity index (χ1) is 10.9. The zero-order valence-electron chi connectivity index (χ0n) is 11.4. The minimum Gasteiger partial charge on any atom is -0.454 e. The highest BCUT2D eigenvalue weighted by atomic mass is 35.5. The molecule has 0 atom stereocenters. The molecule has 1 heterocycles. The topological polar surface area (TPSA) is 81.7 Å². The summed E-state index contributed by atoms with van der Waals surface area (Å²) in [6.45, 7) is 0.0194. The standard InChI is InChI=1S/C14H9Cl2NO5S/c15-8-1-3-10(11(16)5-8)14(18)17-23(19,20)9-2-4-12-13(6-9)22-7-21-12/h1-6H,7H2,(H,17,18). The van der Waals surface area contributed by atoms with Gasteiger partial charge in [0.15, 0.2) is 11.5 Å². The number of nitrogens with one attached hydrogen (secondary N) is 1. The van der Waals surface area contributed by atoms with E-state index in [1.54, 1.807) is 0 Å². The van der Waals surface area contributed by atoms with Gasteiger partial charge in [0.2, 0.25) is 6.79 Å². The average molecular weight is 374 g/mol.